The van der Waals surface area contributed by atoms with E-state index in [1.54, 1.807) is 6.08 Å². The van der Waals surface area contributed by atoms with Gasteiger partial charge in [0.05, 0.1) is 32.0 Å². The Morgan fingerprint density at radius 2 is 0.908 bits per heavy atom. The van der Waals surface area contributed by atoms with E-state index < -0.39 is 86.8 Å². The summed E-state index contributed by atoms with van der Waals surface area (Å²) in [7, 11) is 0. The number of aliphatic hydroxyl groups is 8. The fourth-order valence-corrected chi connectivity index (χ4v) is 8.52. The van der Waals surface area contributed by atoms with Gasteiger partial charge in [0.25, 0.3) is 0 Å². The first-order valence-electron chi connectivity index (χ1n) is 28.8. The number of allylic oxidation sites excluding steroid dienone is 19. The summed E-state index contributed by atoms with van der Waals surface area (Å²) in [5.41, 5.74) is 0. The summed E-state index contributed by atoms with van der Waals surface area (Å²) in [6, 6.07) is -0.932. The molecule has 0 aromatic heterocycles. The van der Waals surface area contributed by atoms with E-state index in [-0.39, 0.29) is 18.9 Å². The molecule has 0 aromatic rings. The van der Waals surface area contributed by atoms with Gasteiger partial charge in [0.1, 0.15) is 48.8 Å². The zero-order valence-electron chi connectivity index (χ0n) is 46.2. The van der Waals surface area contributed by atoms with Gasteiger partial charge in [-0.05, 0) is 89.9 Å². The molecule has 0 radical (unpaired) electrons. The Morgan fingerprint density at radius 1 is 0.487 bits per heavy atom. The largest absolute Gasteiger partial charge is 0.394 e. The van der Waals surface area contributed by atoms with E-state index in [1.807, 2.05) is 6.08 Å². The van der Waals surface area contributed by atoms with Gasteiger partial charge in [0.2, 0.25) is 5.91 Å². The first-order valence-corrected chi connectivity index (χ1v) is 28.8. The van der Waals surface area contributed by atoms with Crippen LogP contribution in [0.1, 0.15) is 168 Å². The fraction of sp³-hybridized carbons (Fsp3) is 0.661. The Bertz CT molecular complexity index is 1730. The number of rotatable bonds is 43. The number of aliphatic hydroxyl groups excluding tert-OH is 8. The van der Waals surface area contributed by atoms with Crippen LogP contribution in [-0.4, -0.2) is 140 Å². The molecule has 76 heavy (non-hydrogen) atoms. The minimum absolute atomic E-state index is 0.250. The van der Waals surface area contributed by atoms with Crippen LogP contribution in [0.2, 0.25) is 0 Å². The quantitative estimate of drug-likeness (QED) is 0.0205. The molecule has 2 aliphatic heterocycles. The number of nitrogens with one attached hydrogen (secondary N) is 1. The second kappa shape index (κ2) is 46.3. The van der Waals surface area contributed by atoms with E-state index in [9.17, 15) is 45.6 Å². The van der Waals surface area contributed by atoms with Crippen LogP contribution in [0.15, 0.2) is 122 Å². The summed E-state index contributed by atoms with van der Waals surface area (Å²) in [6.07, 6.45) is 49.7. The van der Waals surface area contributed by atoms with E-state index in [0.717, 1.165) is 116 Å². The molecule has 2 saturated heterocycles. The van der Waals surface area contributed by atoms with Gasteiger partial charge >= 0.3 is 0 Å². The van der Waals surface area contributed by atoms with Crippen molar-refractivity contribution in [3.8, 4) is 0 Å². The fourth-order valence-electron chi connectivity index (χ4n) is 8.52. The summed E-state index contributed by atoms with van der Waals surface area (Å²) >= 11 is 0. The Kier molecular flexibility index (Phi) is 41.7. The Hall–Kier alpha value is -3.61. The molecule has 9 N–H and O–H groups in total. The second-order valence-electron chi connectivity index (χ2n) is 19.7. The third-order valence-corrected chi connectivity index (χ3v) is 13.2. The maximum absolute atomic E-state index is 13.2. The lowest BCUT2D eigenvalue weighted by atomic mass is 9.97. The Morgan fingerprint density at radius 3 is 1.39 bits per heavy atom. The number of carbonyl (C=O) groups is 1. The summed E-state index contributed by atoms with van der Waals surface area (Å²) in [6.45, 7) is 2.59. The van der Waals surface area contributed by atoms with Crippen molar-refractivity contribution in [2.75, 3.05) is 19.8 Å². The molecule has 0 aliphatic carbocycles. The van der Waals surface area contributed by atoms with Crippen molar-refractivity contribution in [2.45, 2.75) is 242 Å². The van der Waals surface area contributed by atoms with E-state index in [2.05, 4.69) is 129 Å². The van der Waals surface area contributed by atoms with Gasteiger partial charge in [0.15, 0.2) is 12.6 Å². The highest BCUT2D eigenvalue weighted by Gasteiger charge is 2.51. The van der Waals surface area contributed by atoms with Crippen LogP contribution in [0.5, 0.6) is 0 Å². The standard InChI is InChI=1S/C62H101NO13/c1-3-5-7-9-11-13-14-15-16-17-18-19-20-21-22-23-24-25-26-27-28-29-30-31-32-33-34-35-36-38-40-42-44-46-54(67)63-50(51(66)45-43-41-39-37-12-10-8-6-4-2)49-73-61-59(72)57(70)60(53(48-65)75-61)76-62-58(71)56(69)55(68)52(47-64)74-62/h5,7,11,13,15-16,18-19,21-22,24-25,27-28,30-31,33-34,43,45,50-53,55-62,64-66,68-72H,3-4,6,8-10,12,14,17,20,23,26,29,32,35-42,44,46-49H2,1-2H3,(H,63,67)/b7-5-,13-11-,16-15-,19-18-,22-21-,25-24-,28-27-,31-30-,34-33-,45-43+. The predicted octanol–water partition coefficient (Wildman–Crippen LogP) is 9.44. The van der Waals surface area contributed by atoms with Gasteiger partial charge in [-0.3, -0.25) is 4.79 Å². The first-order chi connectivity index (χ1) is 37.1. The SMILES string of the molecule is CC/C=C\C/C=C\C/C=C\C/C=C\C/C=C\C/C=C\C/C=C\C/C=C\C/C=C\CCCCCCCC(=O)NC(COC1OC(CO)C(OC2OC(CO)C(O)C(O)C2O)C(O)C1O)C(O)/C=C/CCCCCCCCC. The monoisotopic (exact) mass is 1070 g/mol. The summed E-state index contributed by atoms with van der Waals surface area (Å²) in [5.74, 6) is -0.268. The second-order valence-corrected chi connectivity index (χ2v) is 19.7. The molecule has 0 spiro atoms. The van der Waals surface area contributed by atoms with E-state index >= 15 is 0 Å². The first kappa shape index (κ1) is 68.5. The highest BCUT2D eigenvalue weighted by atomic mass is 16.7. The molecule has 12 unspecified atom stereocenters. The van der Waals surface area contributed by atoms with Gasteiger partial charge in [-0.25, -0.2) is 0 Å². The molecule has 2 aliphatic rings. The van der Waals surface area contributed by atoms with Gasteiger partial charge in [0, 0.05) is 6.42 Å². The average Bonchev–Trinajstić information content (AvgIpc) is 3.42. The summed E-state index contributed by atoms with van der Waals surface area (Å²) < 4.78 is 22.7. The molecule has 12 atom stereocenters. The average molecular weight is 1070 g/mol. The maximum Gasteiger partial charge on any atom is 0.220 e. The Labute approximate surface area is 457 Å². The van der Waals surface area contributed by atoms with Gasteiger partial charge in [-0.1, -0.05) is 193 Å². The molecule has 2 rings (SSSR count). The number of amides is 1. The number of hydrogen-bond acceptors (Lipinski definition) is 13. The van der Waals surface area contributed by atoms with E-state index in [0.29, 0.717) is 6.42 Å². The minimum Gasteiger partial charge on any atom is -0.394 e. The third kappa shape index (κ3) is 31.7. The zero-order chi connectivity index (χ0) is 55.3. The van der Waals surface area contributed by atoms with Crippen molar-refractivity contribution < 1.29 is 64.6 Å². The van der Waals surface area contributed by atoms with Crippen molar-refractivity contribution in [2.24, 2.45) is 0 Å². The highest BCUT2D eigenvalue weighted by Crippen LogP contribution is 2.30. The van der Waals surface area contributed by atoms with Crippen molar-refractivity contribution in [1.29, 1.82) is 0 Å². The van der Waals surface area contributed by atoms with Crippen molar-refractivity contribution in [1.82, 2.24) is 5.32 Å². The van der Waals surface area contributed by atoms with Crippen LogP contribution in [-0.2, 0) is 23.7 Å². The molecule has 0 aromatic carbocycles. The van der Waals surface area contributed by atoms with Crippen molar-refractivity contribution >= 4 is 5.91 Å². The molecule has 2 fully saturated rings. The normalized spacial score (nSPS) is 25.8. The highest BCUT2D eigenvalue weighted by molar-refractivity contribution is 5.76. The molecule has 1 amide bonds. The smallest absolute Gasteiger partial charge is 0.220 e. The predicted molar refractivity (Wildman–Crippen MR) is 304 cm³/mol. The maximum atomic E-state index is 13.2. The van der Waals surface area contributed by atoms with Gasteiger partial charge in [-0.15, -0.1) is 0 Å². The molecular weight excluding hydrogens is 967 g/mol. The number of unbranched alkanes of at least 4 members (excludes halogenated alkanes) is 12. The van der Waals surface area contributed by atoms with Gasteiger partial charge in [-0.2, -0.15) is 0 Å². The minimum atomic E-state index is -1.79. The molecule has 2 heterocycles. The van der Waals surface area contributed by atoms with Crippen molar-refractivity contribution in [3.63, 3.8) is 0 Å². The van der Waals surface area contributed by atoms with E-state index in [1.165, 1.54) is 25.7 Å². The summed E-state index contributed by atoms with van der Waals surface area (Å²) in [5, 5.41) is 86.7. The third-order valence-electron chi connectivity index (χ3n) is 13.2. The molecule has 0 saturated carbocycles. The number of ether oxygens (including phenoxy) is 4. The molecule has 432 valence electrons. The van der Waals surface area contributed by atoms with Crippen LogP contribution in [0.4, 0.5) is 0 Å². The zero-order valence-corrected chi connectivity index (χ0v) is 46.2. The molecule has 14 heteroatoms. The van der Waals surface area contributed by atoms with Crippen LogP contribution >= 0.6 is 0 Å². The number of hydrogen-bond donors (Lipinski definition) is 9. The van der Waals surface area contributed by atoms with Crippen LogP contribution in [0.3, 0.4) is 0 Å². The van der Waals surface area contributed by atoms with Crippen LogP contribution < -0.4 is 5.32 Å². The topological polar surface area (TPSA) is 228 Å². The Balaban J connectivity index is 1.68. The molecule has 14 nitrogen and oxygen atoms in total. The lowest BCUT2D eigenvalue weighted by Crippen LogP contribution is -2.65. The van der Waals surface area contributed by atoms with Crippen LogP contribution in [0, 0.1) is 0 Å². The van der Waals surface area contributed by atoms with Crippen molar-refractivity contribution in [3.05, 3.63) is 122 Å². The van der Waals surface area contributed by atoms with Crippen LogP contribution in [0.25, 0.3) is 0 Å². The lowest BCUT2D eigenvalue weighted by molar-refractivity contribution is -0.359. The van der Waals surface area contributed by atoms with Gasteiger partial charge < -0.3 is 65.1 Å². The molecular formula is C62H101NO13. The lowest BCUT2D eigenvalue weighted by Gasteiger charge is -2.46. The number of carbonyl (C=O) groups excluding carboxylic acids is 1. The summed E-state index contributed by atoms with van der Waals surface area (Å²) in [4.78, 5) is 13.2. The molecule has 0 bridgehead atoms. The van der Waals surface area contributed by atoms with E-state index in [4.69, 9.17) is 18.9 Å².